The Balaban J connectivity index is 1.90. The largest absolute Gasteiger partial charge is 0.379 e. The highest BCUT2D eigenvalue weighted by molar-refractivity contribution is 6.26. The van der Waals surface area contributed by atoms with Crippen molar-refractivity contribution >= 4 is 43.6 Å². The average Bonchev–Trinajstić information content (AvgIpc) is 3.44. The molecule has 0 saturated heterocycles. The van der Waals surface area contributed by atoms with Crippen LogP contribution in [0.3, 0.4) is 0 Å². The summed E-state index contributed by atoms with van der Waals surface area (Å²) in [4.78, 5) is 0. The maximum atomic E-state index is 10.2. The summed E-state index contributed by atoms with van der Waals surface area (Å²) in [5.74, 6) is 0. The van der Waals surface area contributed by atoms with Crippen LogP contribution >= 0.6 is 0 Å². The first-order chi connectivity index (χ1) is 15.3. The second-order valence-corrected chi connectivity index (χ2v) is 8.66. The molecule has 2 aliphatic rings. The molecule has 3 unspecified atom stereocenters. The van der Waals surface area contributed by atoms with E-state index < -0.39 is 0 Å². The fourth-order valence-electron chi connectivity index (χ4n) is 6.38. The number of hydrogen-bond donors (Lipinski definition) is 0. The van der Waals surface area contributed by atoms with Crippen molar-refractivity contribution in [2.45, 2.75) is 31.0 Å². The molecular weight excluding hydrogens is 384 g/mol. The fraction of sp³-hybridized carbons (Fsp3) is 0.231. The van der Waals surface area contributed by atoms with Crippen LogP contribution in [0.2, 0.25) is 0 Å². The number of benzene rings is 3. The third-order valence-corrected chi connectivity index (χ3v) is 7.47. The molecule has 5 nitrogen and oxygen atoms in total. The molecule has 0 spiro atoms. The van der Waals surface area contributed by atoms with Gasteiger partial charge >= 0.3 is 0 Å². The number of nitriles is 2. The Hall–Kier alpha value is -3.80. The molecule has 0 radical (unpaired) electrons. The van der Waals surface area contributed by atoms with Gasteiger partial charge in [0.1, 0.15) is 12.1 Å². The van der Waals surface area contributed by atoms with Crippen LogP contribution < -0.4 is 0 Å². The summed E-state index contributed by atoms with van der Waals surface area (Å²) in [5, 5.41) is 24.3. The lowest BCUT2D eigenvalue weighted by Gasteiger charge is -2.23. The SMILES string of the molecule is COC1CC2CC1n1c3ccccc3c3c(C#N)c(C#N)c4c5ccccc5n2c4c31. The molecule has 2 aromatic heterocycles. The van der Waals surface area contributed by atoms with E-state index in [1.54, 1.807) is 7.11 Å². The molecule has 1 saturated carbocycles. The van der Waals surface area contributed by atoms with Crippen LogP contribution in [0.4, 0.5) is 0 Å². The molecule has 5 heteroatoms. The Kier molecular flexibility index (Phi) is 3.09. The van der Waals surface area contributed by atoms with Gasteiger partial charge in [0.05, 0.1) is 34.3 Å². The quantitative estimate of drug-likeness (QED) is 0.369. The zero-order chi connectivity index (χ0) is 20.9. The average molecular weight is 402 g/mol. The van der Waals surface area contributed by atoms with Crippen molar-refractivity contribution in [3.63, 3.8) is 0 Å². The van der Waals surface area contributed by atoms with E-state index in [0.29, 0.717) is 17.2 Å². The predicted molar refractivity (Wildman–Crippen MR) is 120 cm³/mol. The normalized spacial score (nSPS) is 21.8. The van der Waals surface area contributed by atoms with Gasteiger partial charge in [-0.15, -0.1) is 0 Å². The number of hydrogen-bond acceptors (Lipinski definition) is 3. The summed E-state index contributed by atoms with van der Waals surface area (Å²) in [5.41, 5.74) is 5.36. The zero-order valence-electron chi connectivity index (χ0n) is 17.0. The van der Waals surface area contributed by atoms with Gasteiger partial charge in [-0.2, -0.15) is 10.5 Å². The number of fused-ring (bicyclic) bond motifs is 10. The topological polar surface area (TPSA) is 66.7 Å². The molecule has 2 bridgehead atoms. The predicted octanol–water partition coefficient (Wildman–Crippen LogP) is 5.55. The van der Waals surface area contributed by atoms with E-state index in [1.807, 2.05) is 18.2 Å². The third-order valence-electron chi connectivity index (χ3n) is 7.47. The van der Waals surface area contributed by atoms with Crippen LogP contribution in [0.5, 0.6) is 0 Å². The van der Waals surface area contributed by atoms with Crippen molar-refractivity contribution in [1.29, 1.82) is 10.5 Å². The van der Waals surface area contributed by atoms with Crippen LogP contribution in [0.1, 0.15) is 36.1 Å². The maximum Gasteiger partial charge on any atom is 0.101 e. The Morgan fingerprint density at radius 2 is 1.35 bits per heavy atom. The summed E-state index contributed by atoms with van der Waals surface area (Å²) in [7, 11) is 1.80. The number of para-hydroxylation sites is 2. The van der Waals surface area contributed by atoms with Crippen LogP contribution in [0.15, 0.2) is 48.5 Å². The monoisotopic (exact) mass is 402 g/mol. The van der Waals surface area contributed by atoms with E-state index in [2.05, 4.69) is 51.6 Å². The second-order valence-electron chi connectivity index (χ2n) is 8.66. The summed E-state index contributed by atoms with van der Waals surface area (Å²) >= 11 is 0. The van der Waals surface area contributed by atoms with Crippen molar-refractivity contribution in [1.82, 2.24) is 9.13 Å². The first-order valence-corrected chi connectivity index (χ1v) is 10.6. The number of aromatic nitrogens is 2. The van der Waals surface area contributed by atoms with E-state index in [1.165, 1.54) is 0 Å². The minimum absolute atomic E-state index is 0.106. The van der Waals surface area contributed by atoms with Crippen LogP contribution in [0, 0.1) is 22.7 Å². The molecule has 1 fully saturated rings. The van der Waals surface area contributed by atoms with Gasteiger partial charge < -0.3 is 13.9 Å². The first kappa shape index (κ1) is 16.9. The summed E-state index contributed by atoms with van der Waals surface area (Å²) in [6.07, 6.45) is 2.01. The molecule has 3 atom stereocenters. The summed E-state index contributed by atoms with van der Waals surface area (Å²) < 4.78 is 10.8. The Bertz CT molecular complexity index is 1670. The molecule has 0 N–H and O–H groups in total. The van der Waals surface area contributed by atoms with Gasteiger partial charge in [-0.1, -0.05) is 36.4 Å². The zero-order valence-corrected chi connectivity index (χ0v) is 17.0. The van der Waals surface area contributed by atoms with E-state index in [-0.39, 0.29) is 12.1 Å². The fourth-order valence-corrected chi connectivity index (χ4v) is 6.38. The molecular formula is C26H18N4O. The van der Waals surface area contributed by atoms with Crippen molar-refractivity contribution in [2.24, 2.45) is 0 Å². The van der Waals surface area contributed by atoms with Gasteiger partial charge in [0, 0.05) is 45.7 Å². The lowest BCUT2D eigenvalue weighted by atomic mass is 9.96. The number of nitrogens with zero attached hydrogens (tertiary/aromatic N) is 4. The van der Waals surface area contributed by atoms with Gasteiger partial charge in [0.2, 0.25) is 0 Å². The molecule has 7 rings (SSSR count). The highest BCUT2D eigenvalue weighted by Gasteiger charge is 2.43. The van der Waals surface area contributed by atoms with Gasteiger partial charge in [-0.05, 0) is 25.0 Å². The number of rotatable bonds is 1. The van der Waals surface area contributed by atoms with Crippen LogP contribution in [-0.4, -0.2) is 22.3 Å². The lowest BCUT2D eigenvalue weighted by Crippen LogP contribution is -2.21. The molecule has 1 aliphatic heterocycles. The smallest absolute Gasteiger partial charge is 0.101 e. The minimum Gasteiger partial charge on any atom is -0.379 e. The highest BCUT2D eigenvalue weighted by Crippen LogP contribution is 2.53. The Morgan fingerprint density at radius 1 is 0.806 bits per heavy atom. The lowest BCUT2D eigenvalue weighted by molar-refractivity contribution is 0.0758. The molecule has 3 aromatic carbocycles. The minimum atomic E-state index is 0.106. The number of ether oxygens (including phenoxy) is 1. The second kappa shape index (κ2) is 5.66. The van der Waals surface area contributed by atoms with Gasteiger partial charge in [-0.3, -0.25) is 0 Å². The molecule has 3 heterocycles. The molecule has 31 heavy (non-hydrogen) atoms. The Morgan fingerprint density at radius 3 is 1.94 bits per heavy atom. The van der Waals surface area contributed by atoms with Crippen LogP contribution in [0.25, 0.3) is 43.6 Å². The highest BCUT2D eigenvalue weighted by atomic mass is 16.5. The van der Waals surface area contributed by atoms with Gasteiger partial charge in [0.15, 0.2) is 0 Å². The van der Waals surface area contributed by atoms with Crippen molar-refractivity contribution in [2.75, 3.05) is 7.11 Å². The molecule has 5 aromatic rings. The molecule has 0 amide bonds. The third kappa shape index (κ3) is 1.80. The van der Waals surface area contributed by atoms with E-state index in [9.17, 15) is 10.5 Å². The first-order valence-electron chi connectivity index (χ1n) is 10.6. The standard InChI is InChI=1S/C26H18N4O/c1-31-22-11-14-10-21(22)30-20-9-5-3-7-16(20)24-18(13-28)17(12-27)23-15-6-2-4-8-19(15)29(14)25(23)26(24)30/h2-9,14,21-22H,10-11H2,1H3. The van der Waals surface area contributed by atoms with E-state index >= 15 is 0 Å². The van der Waals surface area contributed by atoms with Crippen molar-refractivity contribution in [3.8, 4) is 12.1 Å². The number of methoxy groups -OCH3 is 1. The van der Waals surface area contributed by atoms with Crippen LogP contribution in [-0.2, 0) is 4.74 Å². The Labute approximate surface area is 178 Å². The van der Waals surface area contributed by atoms with Crippen molar-refractivity contribution in [3.05, 3.63) is 59.7 Å². The van der Waals surface area contributed by atoms with Gasteiger partial charge in [-0.25, -0.2) is 0 Å². The maximum absolute atomic E-state index is 10.2. The molecule has 148 valence electrons. The summed E-state index contributed by atoms with van der Waals surface area (Å²) in [6, 6.07) is 21.8. The van der Waals surface area contributed by atoms with Crippen molar-refractivity contribution < 1.29 is 4.74 Å². The summed E-state index contributed by atoms with van der Waals surface area (Å²) in [6.45, 7) is 0. The van der Waals surface area contributed by atoms with E-state index in [0.717, 1.165) is 56.5 Å². The van der Waals surface area contributed by atoms with E-state index in [4.69, 9.17) is 4.74 Å². The molecule has 1 aliphatic carbocycles. The van der Waals surface area contributed by atoms with Gasteiger partial charge in [0.25, 0.3) is 0 Å².